The van der Waals surface area contributed by atoms with Gasteiger partial charge in [0.1, 0.15) is 17.4 Å². The highest BCUT2D eigenvalue weighted by atomic mass is 16.7. The molecule has 1 aliphatic rings. The molecule has 1 aliphatic heterocycles. The Hall–Kier alpha value is -2.58. The van der Waals surface area contributed by atoms with Crippen molar-refractivity contribution < 1.29 is 28.5 Å². The van der Waals surface area contributed by atoms with Gasteiger partial charge in [0.25, 0.3) is 0 Å². The van der Waals surface area contributed by atoms with Crippen LogP contribution in [0.1, 0.15) is 20.8 Å². The zero-order chi connectivity index (χ0) is 19.1. The number of carbonyl (C=O) groups is 1. The summed E-state index contributed by atoms with van der Waals surface area (Å²) in [6.45, 7) is 5.39. The van der Waals surface area contributed by atoms with Gasteiger partial charge in [-0.05, 0) is 32.0 Å². The number of primary amides is 1. The molecule has 0 aliphatic carbocycles. The third-order valence-electron chi connectivity index (χ3n) is 4.73. The molecule has 1 fully saturated rings. The second-order valence-corrected chi connectivity index (χ2v) is 6.84. The van der Waals surface area contributed by atoms with E-state index in [9.17, 15) is 14.7 Å². The van der Waals surface area contributed by atoms with E-state index in [-0.39, 0.29) is 5.92 Å². The Morgan fingerprint density at radius 3 is 2.65 bits per heavy atom. The smallest absolute Gasteiger partial charge is 0.405 e. The number of hydrogen-bond donors (Lipinski definition) is 2. The van der Waals surface area contributed by atoms with Crippen LogP contribution >= 0.6 is 0 Å². The van der Waals surface area contributed by atoms with Crippen LogP contribution in [-0.2, 0) is 9.47 Å². The van der Waals surface area contributed by atoms with Crippen LogP contribution in [0.15, 0.2) is 39.5 Å². The molecule has 2 aromatic rings. The molecule has 0 bridgehead atoms. The number of ether oxygens (including phenoxy) is 3. The average Bonchev–Trinajstić information content (AvgIpc) is 2.56. The lowest BCUT2D eigenvalue weighted by Crippen LogP contribution is -2.61. The molecular formula is C18H21NO7. The van der Waals surface area contributed by atoms with Crippen LogP contribution in [0, 0.1) is 5.92 Å². The second-order valence-electron chi connectivity index (χ2n) is 6.84. The molecule has 1 saturated heterocycles. The third-order valence-corrected chi connectivity index (χ3v) is 4.73. The Morgan fingerprint density at radius 2 is 1.96 bits per heavy atom. The maximum Gasteiger partial charge on any atom is 0.405 e. The highest BCUT2D eigenvalue weighted by Crippen LogP contribution is 2.36. The van der Waals surface area contributed by atoms with E-state index >= 15 is 0 Å². The lowest BCUT2D eigenvalue weighted by molar-refractivity contribution is -0.283. The van der Waals surface area contributed by atoms with E-state index in [4.69, 9.17) is 24.4 Å². The molecule has 1 aromatic carbocycles. The standard InChI is InChI=1S/C18H21NO7/c1-9-14(21)15(25-17(19)22)16(26-18(9,2)3)23-11-6-4-10-5-7-13(20)24-12(10)8-11/h4-9,14-16,21H,1-3H3,(H2,19,22)/t9-,14+,15+,16?/m1/s1. The van der Waals surface area contributed by atoms with Gasteiger partial charge in [0.05, 0.1) is 5.60 Å². The van der Waals surface area contributed by atoms with Crippen molar-refractivity contribution in [2.24, 2.45) is 11.7 Å². The molecule has 0 spiro atoms. The van der Waals surface area contributed by atoms with E-state index in [1.807, 2.05) is 0 Å². The fraction of sp³-hybridized carbons (Fsp3) is 0.444. The van der Waals surface area contributed by atoms with E-state index in [0.29, 0.717) is 11.3 Å². The minimum atomic E-state index is -1.10. The minimum Gasteiger partial charge on any atom is -0.461 e. The third kappa shape index (κ3) is 3.51. The van der Waals surface area contributed by atoms with E-state index < -0.39 is 35.8 Å². The van der Waals surface area contributed by atoms with Crippen LogP contribution in [0.25, 0.3) is 11.0 Å². The summed E-state index contributed by atoms with van der Waals surface area (Å²) >= 11 is 0. The molecule has 140 valence electrons. The molecular weight excluding hydrogens is 342 g/mol. The van der Waals surface area contributed by atoms with Gasteiger partial charge in [0, 0.05) is 23.4 Å². The Bertz CT molecular complexity index is 875. The lowest BCUT2D eigenvalue weighted by Gasteiger charge is -2.46. The summed E-state index contributed by atoms with van der Waals surface area (Å²) in [5, 5.41) is 11.2. The first-order chi connectivity index (χ1) is 12.2. The van der Waals surface area contributed by atoms with Crippen LogP contribution in [0.2, 0.25) is 0 Å². The van der Waals surface area contributed by atoms with Crippen LogP contribution in [0.4, 0.5) is 4.79 Å². The Balaban J connectivity index is 1.91. The van der Waals surface area contributed by atoms with Gasteiger partial charge < -0.3 is 29.5 Å². The summed E-state index contributed by atoms with van der Waals surface area (Å²) in [7, 11) is 0. The first kappa shape index (κ1) is 18.2. The van der Waals surface area contributed by atoms with Crippen molar-refractivity contribution in [1.29, 1.82) is 0 Å². The van der Waals surface area contributed by atoms with Crippen LogP contribution in [0.5, 0.6) is 5.75 Å². The molecule has 1 unspecified atom stereocenters. The van der Waals surface area contributed by atoms with E-state index in [2.05, 4.69) is 0 Å². The normalized spacial score (nSPS) is 27.8. The molecule has 3 N–H and O–H groups in total. The lowest BCUT2D eigenvalue weighted by atomic mass is 9.82. The monoisotopic (exact) mass is 363 g/mol. The Kier molecular flexibility index (Phi) is 4.64. The van der Waals surface area contributed by atoms with Gasteiger partial charge in [0.2, 0.25) is 6.29 Å². The number of amides is 1. The fourth-order valence-corrected chi connectivity index (χ4v) is 2.93. The molecule has 1 amide bonds. The van der Waals surface area contributed by atoms with Crippen molar-refractivity contribution in [3.63, 3.8) is 0 Å². The molecule has 4 atom stereocenters. The molecule has 8 nitrogen and oxygen atoms in total. The number of aliphatic hydroxyl groups is 1. The summed E-state index contributed by atoms with van der Waals surface area (Å²) in [6.07, 6.45) is -4.26. The van der Waals surface area contributed by atoms with E-state index in [1.165, 1.54) is 12.1 Å². The summed E-state index contributed by atoms with van der Waals surface area (Å²) in [6, 6.07) is 7.85. The van der Waals surface area contributed by atoms with E-state index in [1.54, 1.807) is 39.0 Å². The predicted octanol–water partition coefficient (Wildman–Crippen LogP) is 1.77. The van der Waals surface area contributed by atoms with Crippen molar-refractivity contribution >= 4 is 17.1 Å². The summed E-state index contributed by atoms with van der Waals surface area (Å²) in [4.78, 5) is 22.6. The Labute approximate surface area is 149 Å². The largest absolute Gasteiger partial charge is 0.461 e. The number of fused-ring (bicyclic) bond motifs is 1. The first-order valence-corrected chi connectivity index (χ1v) is 8.20. The molecule has 26 heavy (non-hydrogen) atoms. The molecule has 1 aromatic heterocycles. The maximum absolute atomic E-state index is 11.4. The number of nitrogens with two attached hydrogens (primary N) is 1. The zero-order valence-corrected chi connectivity index (χ0v) is 14.7. The van der Waals surface area contributed by atoms with Crippen molar-refractivity contribution in [1.82, 2.24) is 0 Å². The van der Waals surface area contributed by atoms with Gasteiger partial charge in [-0.25, -0.2) is 9.59 Å². The molecule has 0 radical (unpaired) electrons. The number of carbonyl (C=O) groups excluding carboxylic acids is 1. The summed E-state index contributed by atoms with van der Waals surface area (Å²) in [5.41, 5.74) is 4.24. The maximum atomic E-state index is 11.4. The van der Waals surface area contributed by atoms with Gasteiger partial charge in [0.15, 0.2) is 6.10 Å². The van der Waals surface area contributed by atoms with Gasteiger partial charge >= 0.3 is 11.7 Å². The van der Waals surface area contributed by atoms with Gasteiger partial charge in [-0.2, -0.15) is 0 Å². The highest BCUT2D eigenvalue weighted by molar-refractivity contribution is 5.77. The van der Waals surface area contributed by atoms with Gasteiger partial charge in [-0.3, -0.25) is 0 Å². The molecule has 8 heteroatoms. The highest BCUT2D eigenvalue weighted by Gasteiger charge is 2.50. The molecule has 3 rings (SSSR count). The summed E-state index contributed by atoms with van der Waals surface area (Å²) in [5.74, 6) is -0.00574. The average molecular weight is 363 g/mol. The second kappa shape index (κ2) is 6.62. The van der Waals surface area contributed by atoms with Crippen LogP contribution < -0.4 is 16.1 Å². The number of benzene rings is 1. The fourth-order valence-electron chi connectivity index (χ4n) is 2.93. The van der Waals surface area contributed by atoms with Gasteiger partial charge in [-0.1, -0.05) is 6.92 Å². The minimum absolute atomic E-state index is 0.326. The summed E-state index contributed by atoms with van der Waals surface area (Å²) < 4.78 is 21.9. The van der Waals surface area contributed by atoms with Crippen LogP contribution in [-0.4, -0.2) is 35.3 Å². The first-order valence-electron chi connectivity index (χ1n) is 8.20. The number of rotatable bonds is 3. The molecule has 2 heterocycles. The topological polar surface area (TPSA) is 121 Å². The van der Waals surface area contributed by atoms with Crippen molar-refractivity contribution in [3.8, 4) is 5.75 Å². The van der Waals surface area contributed by atoms with Crippen LogP contribution in [0.3, 0.4) is 0 Å². The van der Waals surface area contributed by atoms with Gasteiger partial charge in [-0.15, -0.1) is 0 Å². The Morgan fingerprint density at radius 1 is 1.27 bits per heavy atom. The number of hydrogen-bond acceptors (Lipinski definition) is 7. The van der Waals surface area contributed by atoms with Crippen molar-refractivity contribution in [3.05, 3.63) is 40.8 Å². The number of aliphatic hydroxyl groups excluding tert-OH is 1. The quantitative estimate of drug-likeness (QED) is 0.797. The predicted molar refractivity (Wildman–Crippen MR) is 91.7 cm³/mol. The van der Waals surface area contributed by atoms with Crippen molar-refractivity contribution in [2.45, 2.75) is 44.9 Å². The van der Waals surface area contributed by atoms with Crippen molar-refractivity contribution in [2.75, 3.05) is 0 Å². The van der Waals surface area contributed by atoms with E-state index in [0.717, 1.165) is 5.39 Å². The molecule has 0 saturated carbocycles. The SMILES string of the molecule is C[C@@H]1[C@H](O)[C@H](OC(N)=O)C(Oc2ccc3ccc(=O)oc3c2)OC1(C)C. The zero-order valence-electron chi connectivity index (χ0n) is 14.7.